The second-order valence-electron chi connectivity index (χ2n) is 7.02. The molecular weight excluding hydrogens is 370 g/mol. The third-order valence-electron chi connectivity index (χ3n) is 3.57. The molecule has 3 aromatic rings. The number of H-pyrrole nitrogens is 1. The van der Waals surface area contributed by atoms with Crippen molar-refractivity contribution in [1.82, 2.24) is 20.0 Å². The highest BCUT2D eigenvalue weighted by Crippen LogP contribution is 2.31. The average Bonchev–Trinajstić information content (AvgIpc) is 2.89. The van der Waals surface area contributed by atoms with Crippen molar-refractivity contribution in [3.05, 3.63) is 50.9 Å². The van der Waals surface area contributed by atoms with Gasteiger partial charge in [0.05, 0.1) is 15.7 Å². The lowest BCUT2D eigenvalue weighted by atomic mass is 9.97. The molecule has 1 aromatic carbocycles. The van der Waals surface area contributed by atoms with Crippen LogP contribution < -0.4 is 10.9 Å². The molecule has 0 spiro atoms. The minimum absolute atomic E-state index is 0.103. The summed E-state index contributed by atoms with van der Waals surface area (Å²) in [7, 11) is 0. The normalized spacial score (nSPS) is 11.8. The Bertz CT molecular complexity index is 923. The fourth-order valence-electron chi connectivity index (χ4n) is 2.50. The maximum absolute atomic E-state index is 11.3. The standard InChI is InChI=1S/C17H20BrN5O/c1-17(2,3)10-23-13-5-4-12(15(18)16(13)21-22-23)20-9-11-6-7-19-14(24)8-11/h4-8,20H,9-10H2,1-3H3,(H,19,24). The van der Waals surface area contributed by atoms with Crippen molar-refractivity contribution in [2.45, 2.75) is 33.9 Å². The summed E-state index contributed by atoms with van der Waals surface area (Å²) in [6.07, 6.45) is 1.65. The van der Waals surface area contributed by atoms with Crippen molar-refractivity contribution in [2.75, 3.05) is 5.32 Å². The Morgan fingerprint density at radius 1 is 1.29 bits per heavy atom. The third kappa shape index (κ3) is 3.67. The maximum atomic E-state index is 11.3. The summed E-state index contributed by atoms with van der Waals surface area (Å²) in [5.74, 6) is 0. The van der Waals surface area contributed by atoms with Crippen LogP contribution in [0.3, 0.4) is 0 Å². The van der Waals surface area contributed by atoms with Crippen molar-refractivity contribution in [3.8, 4) is 0 Å². The highest BCUT2D eigenvalue weighted by molar-refractivity contribution is 9.10. The lowest BCUT2D eigenvalue weighted by molar-refractivity contribution is 0.327. The number of fused-ring (bicyclic) bond motifs is 1. The number of benzene rings is 1. The molecule has 0 saturated heterocycles. The molecule has 0 amide bonds. The second kappa shape index (κ2) is 6.39. The van der Waals surface area contributed by atoms with Gasteiger partial charge in [-0.1, -0.05) is 26.0 Å². The smallest absolute Gasteiger partial charge is 0.248 e. The lowest BCUT2D eigenvalue weighted by Gasteiger charge is -2.18. The minimum atomic E-state index is -0.103. The monoisotopic (exact) mass is 389 g/mol. The Morgan fingerprint density at radius 2 is 2.08 bits per heavy atom. The van der Waals surface area contributed by atoms with E-state index in [1.54, 1.807) is 12.3 Å². The molecule has 7 heteroatoms. The van der Waals surface area contributed by atoms with Crippen LogP contribution in [0.2, 0.25) is 0 Å². The Kier molecular flexibility index (Phi) is 4.45. The van der Waals surface area contributed by atoms with Crippen LogP contribution in [-0.4, -0.2) is 20.0 Å². The zero-order valence-electron chi connectivity index (χ0n) is 13.9. The number of aromatic amines is 1. The Labute approximate surface area is 148 Å². The molecule has 126 valence electrons. The number of anilines is 1. The number of hydrogen-bond donors (Lipinski definition) is 2. The first-order valence-electron chi connectivity index (χ1n) is 7.77. The molecular formula is C17H20BrN5O. The molecule has 3 rings (SSSR count). The quantitative estimate of drug-likeness (QED) is 0.715. The first kappa shape index (κ1) is 16.7. The zero-order chi connectivity index (χ0) is 17.3. The molecule has 2 aromatic heterocycles. The van der Waals surface area contributed by atoms with Crippen molar-refractivity contribution >= 4 is 32.7 Å². The summed E-state index contributed by atoms with van der Waals surface area (Å²) < 4.78 is 2.81. The maximum Gasteiger partial charge on any atom is 0.248 e. The van der Waals surface area contributed by atoms with Crippen LogP contribution in [0.25, 0.3) is 11.0 Å². The Morgan fingerprint density at radius 3 is 2.79 bits per heavy atom. The van der Waals surface area contributed by atoms with E-state index < -0.39 is 0 Å². The van der Waals surface area contributed by atoms with Crippen molar-refractivity contribution in [1.29, 1.82) is 0 Å². The summed E-state index contributed by atoms with van der Waals surface area (Å²) in [5.41, 5.74) is 3.69. The van der Waals surface area contributed by atoms with Gasteiger partial charge in [0.15, 0.2) is 0 Å². The van der Waals surface area contributed by atoms with Gasteiger partial charge in [-0.25, -0.2) is 4.68 Å². The van der Waals surface area contributed by atoms with Crippen LogP contribution >= 0.6 is 15.9 Å². The first-order valence-corrected chi connectivity index (χ1v) is 8.56. The largest absolute Gasteiger partial charge is 0.380 e. The summed E-state index contributed by atoms with van der Waals surface area (Å²) in [6.45, 7) is 7.88. The summed E-state index contributed by atoms with van der Waals surface area (Å²) in [6, 6.07) is 7.48. The van der Waals surface area contributed by atoms with Crippen molar-refractivity contribution in [3.63, 3.8) is 0 Å². The molecule has 0 aliphatic heterocycles. The summed E-state index contributed by atoms with van der Waals surface area (Å²) >= 11 is 3.62. The number of aromatic nitrogens is 4. The van der Waals surface area contributed by atoms with Gasteiger partial charge in [-0.05, 0) is 45.1 Å². The summed E-state index contributed by atoms with van der Waals surface area (Å²) in [4.78, 5) is 14.0. The van der Waals surface area contributed by atoms with E-state index >= 15 is 0 Å². The van der Waals surface area contributed by atoms with Gasteiger partial charge in [0.25, 0.3) is 0 Å². The van der Waals surface area contributed by atoms with E-state index in [2.05, 4.69) is 57.3 Å². The van der Waals surface area contributed by atoms with E-state index in [1.807, 2.05) is 22.9 Å². The topological polar surface area (TPSA) is 75.6 Å². The van der Waals surface area contributed by atoms with Crippen LogP contribution in [0.5, 0.6) is 0 Å². The molecule has 0 radical (unpaired) electrons. The highest BCUT2D eigenvalue weighted by atomic mass is 79.9. The van der Waals surface area contributed by atoms with Crippen molar-refractivity contribution < 1.29 is 0 Å². The number of nitrogens with one attached hydrogen (secondary N) is 2. The van der Waals surface area contributed by atoms with Crippen LogP contribution in [-0.2, 0) is 13.1 Å². The number of pyridine rings is 1. The van der Waals surface area contributed by atoms with Gasteiger partial charge in [-0.2, -0.15) is 0 Å². The fraction of sp³-hybridized carbons (Fsp3) is 0.353. The van der Waals surface area contributed by atoms with Crippen LogP contribution in [0.1, 0.15) is 26.3 Å². The van der Waals surface area contributed by atoms with Gasteiger partial charge in [0, 0.05) is 25.4 Å². The summed E-state index contributed by atoms with van der Waals surface area (Å²) in [5, 5.41) is 11.9. The van der Waals surface area contributed by atoms with Gasteiger partial charge < -0.3 is 10.3 Å². The van der Waals surface area contributed by atoms with E-state index in [0.717, 1.165) is 33.3 Å². The molecule has 2 heterocycles. The number of halogens is 1. The van der Waals surface area contributed by atoms with E-state index in [-0.39, 0.29) is 11.0 Å². The van der Waals surface area contributed by atoms with E-state index in [9.17, 15) is 4.79 Å². The molecule has 0 aliphatic carbocycles. The van der Waals surface area contributed by atoms with Gasteiger partial charge in [-0.15, -0.1) is 5.10 Å². The number of nitrogens with zero attached hydrogens (tertiary/aromatic N) is 3. The van der Waals surface area contributed by atoms with Gasteiger partial charge in [0.2, 0.25) is 5.56 Å². The molecule has 0 bridgehead atoms. The van der Waals surface area contributed by atoms with Gasteiger partial charge >= 0.3 is 0 Å². The van der Waals surface area contributed by atoms with Crippen LogP contribution in [0.4, 0.5) is 5.69 Å². The van der Waals surface area contributed by atoms with Crippen molar-refractivity contribution in [2.24, 2.45) is 5.41 Å². The van der Waals surface area contributed by atoms with Crippen LogP contribution in [0, 0.1) is 5.41 Å². The molecule has 24 heavy (non-hydrogen) atoms. The minimum Gasteiger partial charge on any atom is -0.380 e. The second-order valence-corrected chi connectivity index (χ2v) is 7.81. The molecule has 0 fully saturated rings. The van der Waals surface area contributed by atoms with Gasteiger partial charge in [0.1, 0.15) is 5.52 Å². The van der Waals surface area contributed by atoms with E-state index in [1.165, 1.54) is 0 Å². The third-order valence-corrected chi connectivity index (χ3v) is 4.37. The van der Waals surface area contributed by atoms with E-state index in [0.29, 0.717) is 6.54 Å². The lowest BCUT2D eigenvalue weighted by Crippen LogP contribution is -2.16. The molecule has 0 atom stereocenters. The zero-order valence-corrected chi connectivity index (χ0v) is 15.5. The predicted octanol–water partition coefficient (Wildman–Crippen LogP) is 3.54. The highest BCUT2D eigenvalue weighted by Gasteiger charge is 2.16. The molecule has 6 nitrogen and oxygen atoms in total. The number of rotatable bonds is 4. The molecule has 0 unspecified atom stereocenters. The SMILES string of the molecule is CC(C)(C)Cn1nnc2c(Br)c(NCc3cc[nH]c(=O)c3)ccc21. The fourth-order valence-corrected chi connectivity index (χ4v) is 3.06. The number of hydrogen-bond acceptors (Lipinski definition) is 4. The predicted molar refractivity (Wildman–Crippen MR) is 99.1 cm³/mol. The van der Waals surface area contributed by atoms with Gasteiger partial charge in [-0.3, -0.25) is 4.79 Å². The molecule has 2 N–H and O–H groups in total. The average molecular weight is 390 g/mol. The molecule has 0 saturated carbocycles. The molecule has 0 aliphatic rings. The van der Waals surface area contributed by atoms with E-state index in [4.69, 9.17) is 0 Å². The Balaban J connectivity index is 1.85. The Hall–Kier alpha value is -2.15. The first-order chi connectivity index (χ1) is 11.3. The van der Waals surface area contributed by atoms with Crippen LogP contribution in [0.15, 0.2) is 39.7 Å².